The predicted octanol–water partition coefficient (Wildman–Crippen LogP) is 3.15. The molecule has 1 N–H and O–H groups in total. The molecule has 0 radical (unpaired) electrons. The van der Waals surface area contributed by atoms with E-state index in [0.29, 0.717) is 0 Å². The zero-order valence-electron chi connectivity index (χ0n) is 13.2. The molecule has 0 unspecified atom stereocenters. The summed E-state index contributed by atoms with van der Waals surface area (Å²) in [5.74, 6) is 12.5. The molecule has 25 heavy (non-hydrogen) atoms. The third-order valence-corrected chi connectivity index (χ3v) is 3.55. The highest BCUT2D eigenvalue weighted by Crippen LogP contribution is 2.16. The Morgan fingerprint density at radius 1 is 0.760 bits per heavy atom. The molecule has 0 fully saturated rings. The largest absolute Gasteiger partial charge is 0.345 e. The molecular weight excluding hydrogens is 308 g/mol. The van der Waals surface area contributed by atoms with Gasteiger partial charge in [-0.15, -0.1) is 0 Å². The van der Waals surface area contributed by atoms with Crippen molar-refractivity contribution in [1.82, 2.24) is 19.9 Å². The lowest BCUT2D eigenvalue weighted by Gasteiger charge is -1.93. The molecule has 0 spiro atoms. The number of aromatic amines is 1. The minimum absolute atomic E-state index is 0.794. The maximum Gasteiger partial charge on any atom is 0.138 e. The SMILES string of the molecule is C(#Cc1cnc2[nH]cc(C#Cc3cccnc3)c2c1)c1cccnc1. The molecule has 0 aliphatic heterocycles. The van der Waals surface area contributed by atoms with Crippen molar-refractivity contribution in [3.63, 3.8) is 0 Å². The number of nitrogens with one attached hydrogen (secondary N) is 1. The van der Waals surface area contributed by atoms with Crippen molar-refractivity contribution in [2.24, 2.45) is 0 Å². The van der Waals surface area contributed by atoms with Gasteiger partial charge in [-0.3, -0.25) is 9.97 Å². The van der Waals surface area contributed by atoms with Crippen molar-refractivity contribution < 1.29 is 0 Å². The number of nitrogens with zero attached hydrogens (tertiary/aromatic N) is 3. The summed E-state index contributed by atoms with van der Waals surface area (Å²) in [7, 11) is 0. The molecule has 0 amide bonds. The first kappa shape index (κ1) is 14.7. The number of pyridine rings is 3. The summed E-state index contributed by atoms with van der Waals surface area (Å²) in [5.41, 5.74) is 4.25. The van der Waals surface area contributed by atoms with Crippen molar-refractivity contribution in [3.8, 4) is 23.7 Å². The second-order valence-electron chi connectivity index (χ2n) is 5.31. The van der Waals surface area contributed by atoms with E-state index in [4.69, 9.17) is 0 Å². The summed E-state index contributed by atoms with van der Waals surface area (Å²) < 4.78 is 0. The van der Waals surface area contributed by atoms with Crippen molar-refractivity contribution in [1.29, 1.82) is 0 Å². The smallest absolute Gasteiger partial charge is 0.138 e. The Labute approximate surface area is 145 Å². The topological polar surface area (TPSA) is 54.5 Å². The van der Waals surface area contributed by atoms with E-state index in [-0.39, 0.29) is 0 Å². The quantitative estimate of drug-likeness (QED) is 0.506. The molecule has 0 saturated carbocycles. The summed E-state index contributed by atoms with van der Waals surface area (Å²) in [6, 6.07) is 9.58. The van der Waals surface area contributed by atoms with Crippen LogP contribution in [0, 0.1) is 23.7 Å². The average molecular weight is 320 g/mol. The van der Waals surface area contributed by atoms with Crippen LogP contribution in [0.1, 0.15) is 22.3 Å². The van der Waals surface area contributed by atoms with Gasteiger partial charge in [0.2, 0.25) is 0 Å². The predicted molar refractivity (Wildman–Crippen MR) is 96.5 cm³/mol. The second kappa shape index (κ2) is 6.70. The first-order valence-corrected chi connectivity index (χ1v) is 7.70. The van der Waals surface area contributed by atoms with Crippen LogP contribution in [0.2, 0.25) is 0 Å². The second-order valence-corrected chi connectivity index (χ2v) is 5.31. The maximum absolute atomic E-state index is 4.42. The number of fused-ring (bicyclic) bond motifs is 1. The van der Waals surface area contributed by atoms with Gasteiger partial charge in [-0.1, -0.05) is 23.7 Å². The van der Waals surface area contributed by atoms with Crippen LogP contribution in [0.15, 0.2) is 67.5 Å². The van der Waals surface area contributed by atoms with Gasteiger partial charge in [-0.2, -0.15) is 0 Å². The molecule has 0 saturated heterocycles. The molecule has 0 bridgehead atoms. The lowest BCUT2D eigenvalue weighted by molar-refractivity contribution is 1.31. The summed E-state index contributed by atoms with van der Waals surface area (Å²) in [5, 5.41) is 0.953. The molecular formula is C21H12N4. The Hall–Kier alpha value is -3.89. The molecule has 4 nitrogen and oxygen atoms in total. The van der Waals surface area contributed by atoms with Crippen LogP contribution in [-0.4, -0.2) is 19.9 Å². The number of rotatable bonds is 0. The third kappa shape index (κ3) is 3.39. The van der Waals surface area contributed by atoms with Crippen molar-refractivity contribution in [3.05, 3.63) is 89.8 Å². The van der Waals surface area contributed by atoms with Crippen LogP contribution in [-0.2, 0) is 0 Å². The molecule has 4 heteroatoms. The summed E-state index contributed by atoms with van der Waals surface area (Å²) >= 11 is 0. The van der Waals surface area contributed by atoms with Crippen molar-refractivity contribution >= 4 is 11.0 Å². The number of H-pyrrole nitrogens is 1. The van der Waals surface area contributed by atoms with Gasteiger partial charge in [0.1, 0.15) is 5.65 Å². The molecule has 4 aromatic heterocycles. The monoisotopic (exact) mass is 320 g/mol. The molecule has 4 rings (SSSR count). The van der Waals surface area contributed by atoms with Gasteiger partial charge >= 0.3 is 0 Å². The van der Waals surface area contributed by atoms with Crippen LogP contribution < -0.4 is 0 Å². The number of aromatic nitrogens is 4. The highest BCUT2D eigenvalue weighted by molar-refractivity contribution is 5.84. The van der Waals surface area contributed by atoms with E-state index >= 15 is 0 Å². The molecule has 0 aliphatic rings. The van der Waals surface area contributed by atoms with Crippen LogP contribution in [0.5, 0.6) is 0 Å². The van der Waals surface area contributed by atoms with Crippen molar-refractivity contribution in [2.45, 2.75) is 0 Å². The van der Waals surface area contributed by atoms with Crippen LogP contribution in [0.4, 0.5) is 0 Å². The Balaban J connectivity index is 1.69. The fraction of sp³-hybridized carbons (Fsp3) is 0. The van der Waals surface area contributed by atoms with Gasteiger partial charge in [-0.05, 0) is 30.3 Å². The number of hydrogen-bond acceptors (Lipinski definition) is 3. The van der Waals surface area contributed by atoms with Crippen LogP contribution in [0.25, 0.3) is 11.0 Å². The lowest BCUT2D eigenvalue weighted by atomic mass is 10.1. The first-order valence-electron chi connectivity index (χ1n) is 7.70. The van der Waals surface area contributed by atoms with E-state index in [1.807, 2.05) is 36.5 Å². The maximum atomic E-state index is 4.42. The normalized spacial score (nSPS) is 9.76. The van der Waals surface area contributed by atoms with Gasteiger partial charge in [-0.25, -0.2) is 4.98 Å². The fourth-order valence-electron chi connectivity index (χ4n) is 2.33. The molecule has 0 aromatic carbocycles. The van der Waals surface area contributed by atoms with E-state index in [1.54, 1.807) is 31.0 Å². The molecule has 4 heterocycles. The van der Waals surface area contributed by atoms with E-state index in [1.165, 1.54) is 0 Å². The molecule has 116 valence electrons. The lowest BCUT2D eigenvalue weighted by Crippen LogP contribution is -1.82. The third-order valence-electron chi connectivity index (χ3n) is 3.55. The Morgan fingerprint density at radius 3 is 2.12 bits per heavy atom. The summed E-state index contributed by atoms with van der Waals surface area (Å²) in [6.07, 6.45) is 10.5. The van der Waals surface area contributed by atoms with E-state index in [2.05, 4.69) is 43.6 Å². The van der Waals surface area contributed by atoms with Crippen LogP contribution >= 0.6 is 0 Å². The van der Waals surface area contributed by atoms with Gasteiger partial charge in [0.25, 0.3) is 0 Å². The molecule has 4 aromatic rings. The Morgan fingerprint density at radius 2 is 1.44 bits per heavy atom. The van der Waals surface area contributed by atoms with Crippen LogP contribution in [0.3, 0.4) is 0 Å². The molecule has 0 atom stereocenters. The standard InChI is InChI=1S/C21H12N4/c1-3-16(12-22-9-1)5-6-18-11-20-19(15-25-21(20)24-14-18)8-7-17-4-2-10-23-13-17/h1-4,9-15H,(H,24,25). The zero-order chi connectivity index (χ0) is 16.9. The van der Waals surface area contributed by atoms with Crippen molar-refractivity contribution in [2.75, 3.05) is 0 Å². The van der Waals surface area contributed by atoms with Gasteiger partial charge in [0.05, 0.1) is 5.56 Å². The minimum Gasteiger partial charge on any atom is -0.345 e. The van der Waals surface area contributed by atoms with Gasteiger partial charge < -0.3 is 4.98 Å². The summed E-state index contributed by atoms with van der Waals surface area (Å²) in [4.78, 5) is 15.7. The first-order chi connectivity index (χ1) is 12.4. The molecule has 0 aliphatic carbocycles. The van der Waals surface area contributed by atoms with E-state index < -0.39 is 0 Å². The number of hydrogen-bond donors (Lipinski definition) is 1. The Kier molecular flexibility index (Phi) is 3.94. The van der Waals surface area contributed by atoms with E-state index in [0.717, 1.165) is 33.3 Å². The van der Waals surface area contributed by atoms with Gasteiger partial charge in [0, 0.05) is 59.3 Å². The highest BCUT2D eigenvalue weighted by Gasteiger charge is 2.03. The zero-order valence-corrected chi connectivity index (χ0v) is 13.2. The minimum atomic E-state index is 0.794. The van der Waals surface area contributed by atoms with E-state index in [9.17, 15) is 0 Å². The summed E-state index contributed by atoms with van der Waals surface area (Å²) in [6.45, 7) is 0. The highest BCUT2D eigenvalue weighted by atomic mass is 14.8. The fourth-order valence-corrected chi connectivity index (χ4v) is 2.33. The van der Waals surface area contributed by atoms with Gasteiger partial charge in [0.15, 0.2) is 0 Å². The Bertz CT molecular complexity index is 1140. The average Bonchev–Trinajstić information content (AvgIpc) is 3.09.